The van der Waals surface area contributed by atoms with Crippen LogP contribution in [0.3, 0.4) is 0 Å². The van der Waals surface area contributed by atoms with Gasteiger partial charge in [0.1, 0.15) is 0 Å². The van der Waals surface area contributed by atoms with Gasteiger partial charge in [0, 0.05) is 6.61 Å². The minimum absolute atomic E-state index is 0.0381. The van der Waals surface area contributed by atoms with Crippen molar-refractivity contribution in [1.82, 2.24) is 5.32 Å². The fourth-order valence-electron chi connectivity index (χ4n) is 3.27. The summed E-state index contributed by atoms with van der Waals surface area (Å²) in [6.07, 6.45) is 24.3. The smallest absolute Gasteiger partial charge is 0.396 e. The van der Waals surface area contributed by atoms with Gasteiger partial charge in [-0.3, -0.25) is 4.18 Å². The molecule has 0 heterocycles. The van der Waals surface area contributed by atoms with Crippen molar-refractivity contribution in [2.45, 2.75) is 122 Å². The lowest BCUT2D eigenvalue weighted by molar-refractivity contribution is 0.223. The fourth-order valence-corrected chi connectivity index (χ4v) is 3.69. The highest BCUT2D eigenvalue weighted by Gasteiger charge is 2.06. The molecule has 0 rings (SSSR count). The zero-order chi connectivity index (χ0) is 23.5. The van der Waals surface area contributed by atoms with Crippen LogP contribution >= 0.6 is 0 Å². The van der Waals surface area contributed by atoms with Crippen molar-refractivity contribution in [3.05, 3.63) is 0 Å². The standard InChI is InChI=1S/C19H41N.C5H12O5S/c1-3-4-5-6-7-8-9-10-11-12-13-14-15-16-17-18-19-20-2;1-9-11(7,8)10-5-3-2-4-6/h20H,3-19H2,1-2H3;6H,2-5H2,1H3. The average molecular weight is 468 g/mol. The van der Waals surface area contributed by atoms with Gasteiger partial charge in [0.05, 0.1) is 13.7 Å². The molecule has 0 spiro atoms. The lowest BCUT2D eigenvalue weighted by Crippen LogP contribution is -2.08. The van der Waals surface area contributed by atoms with E-state index in [4.69, 9.17) is 5.11 Å². The minimum Gasteiger partial charge on any atom is -0.396 e. The average Bonchev–Trinajstić information content (AvgIpc) is 2.77. The molecule has 0 fully saturated rings. The van der Waals surface area contributed by atoms with E-state index in [1.54, 1.807) is 0 Å². The molecule has 0 amide bonds. The Hall–Kier alpha value is -0.210. The maximum Gasteiger partial charge on any atom is 0.399 e. The number of unbranched alkanes of at least 4 members (excludes halogenated alkanes) is 16. The number of aliphatic hydroxyl groups excluding tert-OH is 1. The monoisotopic (exact) mass is 467 g/mol. The van der Waals surface area contributed by atoms with Crippen molar-refractivity contribution < 1.29 is 21.9 Å². The second kappa shape index (κ2) is 27.8. The molecule has 0 atom stereocenters. The van der Waals surface area contributed by atoms with Gasteiger partial charge in [-0.15, -0.1) is 0 Å². The van der Waals surface area contributed by atoms with Gasteiger partial charge in [-0.05, 0) is 32.9 Å². The molecule has 7 heteroatoms. The Morgan fingerprint density at radius 1 is 0.677 bits per heavy atom. The van der Waals surface area contributed by atoms with Gasteiger partial charge in [-0.2, -0.15) is 8.42 Å². The third-order valence-corrected chi connectivity index (χ3v) is 6.13. The predicted molar refractivity (Wildman–Crippen MR) is 132 cm³/mol. The highest BCUT2D eigenvalue weighted by Crippen LogP contribution is 2.13. The van der Waals surface area contributed by atoms with Crippen LogP contribution in [0.25, 0.3) is 0 Å². The largest absolute Gasteiger partial charge is 0.399 e. The minimum atomic E-state index is -3.78. The first-order chi connectivity index (χ1) is 15.0. The molecule has 2 N–H and O–H groups in total. The molecule has 6 nitrogen and oxygen atoms in total. The molecule has 0 aliphatic heterocycles. The third kappa shape index (κ3) is 32.1. The second-order valence-electron chi connectivity index (χ2n) is 8.23. The summed E-state index contributed by atoms with van der Waals surface area (Å²) >= 11 is 0. The van der Waals surface area contributed by atoms with E-state index in [1.807, 2.05) is 7.05 Å². The molecular formula is C24H53NO5S. The van der Waals surface area contributed by atoms with Crippen molar-refractivity contribution in [2.24, 2.45) is 0 Å². The number of nitrogens with one attached hydrogen (secondary N) is 1. The fraction of sp³-hybridized carbons (Fsp3) is 1.00. The molecule has 31 heavy (non-hydrogen) atoms. The third-order valence-electron chi connectivity index (χ3n) is 5.26. The highest BCUT2D eigenvalue weighted by molar-refractivity contribution is 7.81. The summed E-state index contributed by atoms with van der Waals surface area (Å²) in [5.41, 5.74) is 0. The normalized spacial score (nSPS) is 11.4. The van der Waals surface area contributed by atoms with Crippen molar-refractivity contribution in [3.63, 3.8) is 0 Å². The SMILES string of the molecule is CCCCCCCCCCCCCCCCCCNC.COS(=O)(=O)OCCCCO. The summed E-state index contributed by atoms with van der Waals surface area (Å²) in [5, 5.41) is 11.5. The summed E-state index contributed by atoms with van der Waals surface area (Å²) in [6.45, 7) is 3.58. The van der Waals surface area contributed by atoms with Gasteiger partial charge in [0.25, 0.3) is 0 Å². The van der Waals surface area contributed by atoms with Gasteiger partial charge in [0.2, 0.25) is 0 Å². The van der Waals surface area contributed by atoms with E-state index >= 15 is 0 Å². The Balaban J connectivity index is 0. The van der Waals surface area contributed by atoms with Crippen LogP contribution in [0, 0.1) is 0 Å². The molecule has 0 aromatic rings. The van der Waals surface area contributed by atoms with Crippen LogP contribution in [-0.4, -0.2) is 47.4 Å². The zero-order valence-corrected chi connectivity index (χ0v) is 21.7. The van der Waals surface area contributed by atoms with Crippen molar-refractivity contribution in [2.75, 3.05) is 33.9 Å². The van der Waals surface area contributed by atoms with Crippen molar-refractivity contribution in [1.29, 1.82) is 0 Å². The number of aliphatic hydroxyl groups is 1. The topological polar surface area (TPSA) is 84.9 Å². The van der Waals surface area contributed by atoms with Gasteiger partial charge in [-0.25, -0.2) is 4.18 Å². The lowest BCUT2D eigenvalue weighted by atomic mass is 10.0. The van der Waals surface area contributed by atoms with Gasteiger partial charge in [0.15, 0.2) is 0 Å². The molecule has 0 unspecified atom stereocenters. The predicted octanol–water partition coefficient (Wildman–Crippen LogP) is 6.13. The first-order valence-electron chi connectivity index (χ1n) is 12.7. The molecule has 0 aromatic carbocycles. The molecule has 0 bridgehead atoms. The summed E-state index contributed by atoms with van der Waals surface area (Å²) < 4.78 is 29.2. The van der Waals surface area contributed by atoms with E-state index < -0.39 is 10.4 Å². The number of hydrogen-bond donors (Lipinski definition) is 2. The Morgan fingerprint density at radius 2 is 1.10 bits per heavy atom. The van der Waals surface area contributed by atoms with Crippen LogP contribution in [0.2, 0.25) is 0 Å². The maximum absolute atomic E-state index is 10.5. The molecule has 0 aliphatic carbocycles. The molecule has 0 saturated carbocycles. The van der Waals surface area contributed by atoms with Gasteiger partial charge < -0.3 is 10.4 Å². The van der Waals surface area contributed by atoms with Crippen LogP contribution in [0.5, 0.6) is 0 Å². The summed E-state index contributed by atoms with van der Waals surface area (Å²) in [5.74, 6) is 0. The second-order valence-corrected chi connectivity index (χ2v) is 9.62. The Labute approximate surface area is 194 Å². The number of rotatable bonds is 23. The first kappa shape index (κ1) is 33.0. The molecule has 0 aromatic heterocycles. The Bertz CT molecular complexity index is 400. The molecular weight excluding hydrogens is 414 g/mol. The summed E-state index contributed by atoms with van der Waals surface area (Å²) in [6, 6.07) is 0. The van der Waals surface area contributed by atoms with Crippen molar-refractivity contribution in [3.8, 4) is 0 Å². The molecule has 190 valence electrons. The van der Waals surface area contributed by atoms with Gasteiger partial charge >= 0.3 is 10.4 Å². The first-order valence-corrected chi connectivity index (χ1v) is 14.1. The summed E-state index contributed by atoms with van der Waals surface area (Å²) in [7, 11) is -0.706. The van der Waals surface area contributed by atoms with E-state index in [-0.39, 0.29) is 13.2 Å². The van der Waals surface area contributed by atoms with Crippen LogP contribution in [0.1, 0.15) is 122 Å². The zero-order valence-electron chi connectivity index (χ0n) is 20.8. The molecule has 0 radical (unpaired) electrons. The van der Waals surface area contributed by atoms with E-state index in [2.05, 4.69) is 20.6 Å². The van der Waals surface area contributed by atoms with Gasteiger partial charge in [-0.1, -0.05) is 103 Å². The van der Waals surface area contributed by atoms with E-state index in [9.17, 15) is 8.42 Å². The molecule has 0 aliphatic rings. The molecule has 0 saturated heterocycles. The Morgan fingerprint density at radius 3 is 1.45 bits per heavy atom. The van der Waals surface area contributed by atoms with E-state index in [0.717, 1.165) is 7.11 Å². The van der Waals surface area contributed by atoms with Crippen LogP contribution in [0.4, 0.5) is 0 Å². The summed E-state index contributed by atoms with van der Waals surface area (Å²) in [4.78, 5) is 0. The highest BCUT2D eigenvalue weighted by atomic mass is 32.3. The quantitative estimate of drug-likeness (QED) is 0.176. The Kier molecular flexibility index (Phi) is 29.6. The van der Waals surface area contributed by atoms with Crippen LogP contribution in [0.15, 0.2) is 0 Å². The maximum atomic E-state index is 10.5. The lowest BCUT2D eigenvalue weighted by Gasteiger charge is -2.03. The van der Waals surface area contributed by atoms with Crippen molar-refractivity contribution >= 4 is 10.4 Å². The van der Waals surface area contributed by atoms with Crippen LogP contribution < -0.4 is 5.32 Å². The van der Waals surface area contributed by atoms with E-state index in [1.165, 1.54) is 109 Å². The number of hydrogen-bond acceptors (Lipinski definition) is 6. The van der Waals surface area contributed by atoms with Crippen LogP contribution in [-0.2, 0) is 18.8 Å². The van der Waals surface area contributed by atoms with E-state index in [0.29, 0.717) is 12.8 Å².